The molecular weight excluding hydrogens is 324 g/mol. The number of H-pyrrole nitrogens is 1. The topological polar surface area (TPSA) is 124 Å². The van der Waals surface area contributed by atoms with Gasteiger partial charge in [0.05, 0.1) is 22.3 Å². The Morgan fingerprint density at radius 3 is 2.60 bits per heavy atom. The summed E-state index contributed by atoms with van der Waals surface area (Å²) >= 11 is 0. The summed E-state index contributed by atoms with van der Waals surface area (Å²) in [7, 11) is 1.51. The Hall–Kier alpha value is -3.73. The predicted molar refractivity (Wildman–Crippen MR) is 88.3 cm³/mol. The fourth-order valence-corrected chi connectivity index (χ4v) is 2.75. The van der Waals surface area contributed by atoms with Crippen LogP contribution in [0.3, 0.4) is 0 Å². The minimum Gasteiger partial charge on any atom is -0.508 e. The molecule has 0 radical (unpaired) electrons. The third-order valence-corrected chi connectivity index (χ3v) is 3.86. The minimum absolute atomic E-state index is 0.0309. The molecule has 25 heavy (non-hydrogen) atoms. The maximum absolute atomic E-state index is 11.7. The molecule has 2 aromatic rings. The van der Waals surface area contributed by atoms with Crippen LogP contribution in [-0.4, -0.2) is 22.1 Å². The molecule has 0 bridgehead atoms. The molecular formula is C17H14N4O4. The first-order valence-electron chi connectivity index (χ1n) is 7.38. The van der Waals surface area contributed by atoms with Crippen LogP contribution in [0.1, 0.15) is 17.2 Å². The number of hydrogen-bond donors (Lipinski definition) is 3. The predicted octanol–water partition coefficient (Wildman–Crippen LogP) is 2.43. The molecule has 1 aromatic carbocycles. The van der Waals surface area contributed by atoms with Crippen molar-refractivity contribution in [3.8, 4) is 11.8 Å². The van der Waals surface area contributed by atoms with Crippen molar-refractivity contribution in [1.82, 2.24) is 10.3 Å². The van der Waals surface area contributed by atoms with Crippen molar-refractivity contribution in [3.63, 3.8) is 0 Å². The summed E-state index contributed by atoms with van der Waals surface area (Å²) < 4.78 is 5.64. The number of benzene rings is 1. The highest BCUT2D eigenvalue weighted by atomic mass is 16.6. The molecule has 1 unspecified atom stereocenters. The Morgan fingerprint density at radius 1 is 1.36 bits per heavy atom. The van der Waals surface area contributed by atoms with E-state index in [1.807, 2.05) is 6.07 Å². The van der Waals surface area contributed by atoms with E-state index in [9.17, 15) is 20.5 Å². The van der Waals surface area contributed by atoms with Gasteiger partial charge in [0, 0.05) is 13.2 Å². The van der Waals surface area contributed by atoms with Crippen molar-refractivity contribution < 1.29 is 14.8 Å². The van der Waals surface area contributed by atoms with Gasteiger partial charge in [-0.2, -0.15) is 5.26 Å². The average molecular weight is 338 g/mol. The van der Waals surface area contributed by atoms with E-state index < -0.39 is 10.8 Å². The van der Waals surface area contributed by atoms with Crippen molar-refractivity contribution in [3.05, 3.63) is 81.1 Å². The molecule has 0 amide bonds. The van der Waals surface area contributed by atoms with Gasteiger partial charge in [0.15, 0.2) is 5.76 Å². The van der Waals surface area contributed by atoms with Gasteiger partial charge >= 0.3 is 5.70 Å². The number of aromatic nitrogens is 1. The van der Waals surface area contributed by atoms with Crippen LogP contribution in [0.15, 0.2) is 59.7 Å². The van der Waals surface area contributed by atoms with Crippen LogP contribution in [0.25, 0.3) is 5.76 Å². The number of aromatic amines is 1. The van der Waals surface area contributed by atoms with Crippen molar-refractivity contribution in [2.45, 2.75) is 5.92 Å². The van der Waals surface area contributed by atoms with E-state index in [1.54, 1.807) is 30.5 Å². The third kappa shape index (κ3) is 2.79. The minimum atomic E-state index is -0.935. The zero-order chi connectivity index (χ0) is 18.0. The summed E-state index contributed by atoms with van der Waals surface area (Å²) in [6.45, 7) is 0. The van der Waals surface area contributed by atoms with E-state index in [0.29, 0.717) is 11.3 Å². The lowest BCUT2D eigenvalue weighted by atomic mass is 9.86. The van der Waals surface area contributed by atoms with E-state index in [-0.39, 0.29) is 28.7 Å². The fraction of sp³-hybridized carbons (Fsp3) is 0.118. The molecule has 1 atom stereocenters. The van der Waals surface area contributed by atoms with Crippen molar-refractivity contribution in [2.24, 2.45) is 0 Å². The molecule has 1 aliphatic rings. The Kier molecular flexibility index (Phi) is 4.14. The number of nitro groups is 1. The SMILES string of the molecule is CNC1=C([N+](=O)[O-])C(c2ccc(O)cc2)C(C#N)=C(c2ccc[nH]2)O1. The van der Waals surface area contributed by atoms with Gasteiger partial charge in [-0.3, -0.25) is 10.1 Å². The third-order valence-electron chi connectivity index (χ3n) is 3.86. The van der Waals surface area contributed by atoms with Gasteiger partial charge in [-0.25, -0.2) is 0 Å². The monoisotopic (exact) mass is 338 g/mol. The number of nitrogens with zero attached hydrogens (tertiary/aromatic N) is 2. The summed E-state index contributed by atoms with van der Waals surface area (Å²) in [6, 6.07) is 11.4. The molecule has 2 heterocycles. The van der Waals surface area contributed by atoms with Crippen LogP contribution in [0.2, 0.25) is 0 Å². The molecule has 8 nitrogen and oxygen atoms in total. The number of allylic oxidation sites excluding steroid dienone is 1. The maximum Gasteiger partial charge on any atom is 0.318 e. The highest BCUT2D eigenvalue weighted by Crippen LogP contribution is 2.42. The van der Waals surface area contributed by atoms with Gasteiger partial charge in [0.25, 0.3) is 5.88 Å². The molecule has 0 saturated heterocycles. The van der Waals surface area contributed by atoms with E-state index in [1.165, 1.54) is 19.2 Å². The summed E-state index contributed by atoms with van der Waals surface area (Å²) in [5.74, 6) is -0.717. The highest BCUT2D eigenvalue weighted by Gasteiger charge is 2.42. The molecule has 0 fully saturated rings. The quantitative estimate of drug-likeness (QED) is 0.581. The number of rotatable bonds is 4. The first-order chi connectivity index (χ1) is 12.1. The fourth-order valence-electron chi connectivity index (χ4n) is 2.75. The Bertz CT molecular complexity index is 905. The first kappa shape index (κ1) is 16.1. The Balaban J connectivity index is 2.26. The lowest BCUT2D eigenvalue weighted by Crippen LogP contribution is -2.26. The second-order valence-electron chi connectivity index (χ2n) is 5.29. The van der Waals surface area contributed by atoms with Crippen LogP contribution in [-0.2, 0) is 4.74 Å². The summed E-state index contributed by atoms with van der Waals surface area (Å²) in [4.78, 5) is 14.1. The summed E-state index contributed by atoms with van der Waals surface area (Å²) in [5, 5.41) is 33.5. The zero-order valence-corrected chi connectivity index (χ0v) is 13.2. The van der Waals surface area contributed by atoms with Crippen LogP contribution < -0.4 is 5.32 Å². The molecule has 0 saturated carbocycles. The van der Waals surface area contributed by atoms with Gasteiger partial charge in [0.2, 0.25) is 0 Å². The average Bonchev–Trinajstić information content (AvgIpc) is 3.14. The first-order valence-corrected chi connectivity index (χ1v) is 7.38. The van der Waals surface area contributed by atoms with Crippen LogP contribution in [0.4, 0.5) is 0 Å². The molecule has 126 valence electrons. The van der Waals surface area contributed by atoms with E-state index >= 15 is 0 Å². The zero-order valence-electron chi connectivity index (χ0n) is 13.2. The number of aromatic hydroxyl groups is 1. The molecule has 3 N–H and O–H groups in total. The van der Waals surface area contributed by atoms with Crippen molar-refractivity contribution >= 4 is 5.76 Å². The second-order valence-corrected chi connectivity index (χ2v) is 5.29. The standard InChI is InChI=1S/C17H14N4O4/c1-19-17-15(21(23)24)14(10-4-6-11(22)7-5-10)12(9-18)16(25-17)13-3-2-8-20-13/h2-8,14,19-20,22H,1H3. The maximum atomic E-state index is 11.7. The van der Waals surface area contributed by atoms with Gasteiger partial charge in [0.1, 0.15) is 11.7 Å². The van der Waals surface area contributed by atoms with Crippen molar-refractivity contribution in [2.75, 3.05) is 7.05 Å². The lowest BCUT2D eigenvalue weighted by Gasteiger charge is -2.25. The van der Waals surface area contributed by atoms with E-state index in [0.717, 1.165) is 0 Å². The Morgan fingerprint density at radius 2 is 2.08 bits per heavy atom. The second kappa shape index (κ2) is 6.41. The largest absolute Gasteiger partial charge is 0.508 e. The van der Waals surface area contributed by atoms with E-state index in [2.05, 4.69) is 10.3 Å². The van der Waals surface area contributed by atoms with Gasteiger partial charge < -0.3 is 20.1 Å². The molecule has 1 aliphatic heterocycles. The van der Waals surface area contributed by atoms with Crippen LogP contribution in [0, 0.1) is 21.4 Å². The molecule has 0 aliphatic carbocycles. The van der Waals surface area contributed by atoms with Gasteiger partial charge in [-0.15, -0.1) is 0 Å². The summed E-state index contributed by atoms with van der Waals surface area (Å²) in [6.07, 6.45) is 1.67. The number of phenolic OH excluding ortho intramolecular Hbond substituents is 1. The van der Waals surface area contributed by atoms with Crippen LogP contribution in [0.5, 0.6) is 5.75 Å². The highest BCUT2D eigenvalue weighted by molar-refractivity contribution is 5.70. The number of phenols is 1. The number of nitrogens with one attached hydrogen (secondary N) is 2. The van der Waals surface area contributed by atoms with Gasteiger partial charge in [-0.05, 0) is 29.8 Å². The molecule has 0 spiro atoms. The number of nitriles is 1. The van der Waals surface area contributed by atoms with E-state index in [4.69, 9.17) is 4.74 Å². The van der Waals surface area contributed by atoms with Gasteiger partial charge in [-0.1, -0.05) is 12.1 Å². The summed E-state index contributed by atoms with van der Waals surface area (Å²) in [5.41, 5.74) is 0.885. The number of hydrogen-bond acceptors (Lipinski definition) is 6. The van der Waals surface area contributed by atoms with Crippen molar-refractivity contribution in [1.29, 1.82) is 5.26 Å². The normalized spacial score (nSPS) is 17.0. The Labute approximate surface area is 142 Å². The molecule has 3 rings (SSSR count). The smallest absolute Gasteiger partial charge is 0.318 e. The lowest BCUT2D eigenvalue weighted by molar-refractivity contribution is -0.433. The van der Waals surface area contributed by atoms with Crippen LogP contribution >= 0.6 is 0 Å². The molecule has 8 heteroatoms. The number of ether oxygens (including phenoxy) is 1. The molecule has 1 aromatic heterocycles.